The minimum Gasteiger partial charge on any atom is -0.443 e. The summed E-state index contributed by atoms with van der Waals surface area (Å²) in [5.74, 6) is 2.95. The number of nitrogens with zero attached hydrogens (tertiary/aromatic N) is 4. The van der Waals surface area contributed by atoms with Crippen LogP contribution in [-0.4, -0.2) is 24.7 Å². The fourth-order valence-electron chi connectivity index (χ4n) is 3.93. The van der Waals surface area contributed by atoms with Gasteiger partial charge in [-0.15, -0.1) is 6.42 Å². The number of terminal acetylenes is 1. The van der Waals surface area contributed by atoms with Gasteiger partial charge in [-0.1, -0.05) is 25.7 Å². The van der Waals surface area contributed by atoms with E-state index in [2.05, 4.69) is 5.92 Å². The molecule has 0 spiro atoms. The second-order valence-electron chi connectivity index (χ2n) is 8.89. The zero-order valence-electron chi connectivity index (χ0n) is 18.2. The Labute approximate surface area is 175 Å². The number of rotatable bonds is 6. The lowest BCUT2D eigenvalue weighted by atomic mass is 9.98. The van der Waals surface area contributed by atoms with Crippen LogP contribution in [0.15, 0.2) is 9.59 Å². The van der Waals surface area contributed by atoms with Crippen LogP contribution >= 0.6 is 0 Å². The molecule has 1 fully saturated rings. The van der Waals surface area contributed by atoms with E-state index in [1.54, 1.807) is 25.3 Å². The van der Waals surface area contributed by atoms with Gasteiger partial charge in [0.2, 0.25) is 0 Å². The van der Waals surface area contributed by atoms with Crippen LogP contribution in [0.1, 0.15) is 71.5 Å². The number of hydrogen-bond donors (Lipinski definition) is 0. The summed E-state index contributed by atoms with van der Waals surface area (Å²) in [7, 11) is 0. The molecule has 1 saturated carbocycles. The van der Waals surface area contributed by atoms with Gasteiger partial charge in [-0.05, 0) is 40.0 Å². The highest BCUT2D eigenvalue weighted by Gasteiger charge is 2.29. The summed E-state index contributed by atoms with van der Waals surface area (Å²) in [6, 6.07) is 0. The molecule has 2 heterocycles. The van der Waals surface area contributed by atoms with Crippen molar-refractivity contribution in [2.45, 2.75) is 85.5 Å². The van der Waals surface area contributed by atoms with Gasteiger partial charge < -0.3 is 4.74 Å². The number of hydrogen-bond acceptors (Lipinski definition) is 5. The van der Waals surface area contributed by atoms with Crippen LogP contribution in [0.5, 0.6) is 0 Å². The van der Waals surface area contributed by atoms with Crippen molar-refractivity contribution in [2.24, 2.45) is 5.41 Å². The number of imidazole rings is 1. The van der Waals surface area contributed by atoms with Crippen molar-refractivity contribution in [1.82, 2.24) is 18.7 Å². The average molecular weight is 415 g/mol. The summed E-state index contributed by atoms with van der Waals surface area (Å²) in [4.78, 5) is 43.3. The summed E-state index contributed by atoms with van der Waals surface area (Å²) < 4.78 is 9.79. The number of fused-ring (bicyclic) bond motifs is 1. The van der Waals surface area contributed by atoms with Gasteiger partial charge in [-0.2, -0.15) is 0 Å². The molecule has 1 aliphatic carbocycles. The Morgan fingerprint density at radius 2 is 1.87 bits per heavy atom. The molecular formula is C22H30N4O4. The average Bonchev–Trinajstić information content (AvgIpc) is 3.33. The highest BCUT2D eigenvalue weighted by Crippen LogP contribution is 2.34. The molecule has 0 atom stereocenters. The standard InChI is InChI=1S/C22H30N4O4/c1-6-12-24-18-16(19(27)25(13-7-2)21(24)29)26(14-30-20(28)22(3,4)5)17(23-18)15-10-8-9-11-15/h1,15H,7-14H2,2-5H3. The third-order valence-electron chi connectivity index (χ3n) is 5.50. The lowest BCUT2D eigenvalue weighted by molar-refractivity contribution is -0.156. The topological polar surface area (TPSA) is 88.1 Å². The van der Waals surface area contributed by atoms with E-state index in [9.17, 15) is 14.4 Å². The molecular weight excluding hydrogens is 384 g/mol. The van der Waals surface area contributed by atoms with Crippen LogP contribution in [-0.2, 0) is 29.4 Å². The van der Waals surface area contributed by atoms with E-state index in [1.165, 1.54) is 9.13 Å². The maximum absolute atomic E-state index is 13.3. The van der Waals surface area contributed by atoms with Crippen LogP contribution in [0.25, 0.3) is 11.2 Å². The second-order valence-corrected chi connectivity index (χ2v) is 8.89. The van der Waals surface area contributed by atoms with Gasteiger partial charge in [0, 0.05) is 12.5 Å². The van der Waals surface area contributed by atoms with Crippen molar-refractivity contribution in [2.75, 3.05) is 0 Å². The monoisotopic (exact) mass is 414 g/mol. The smallest absolute Gasteiger partial charge is 0.333 e. The minimum atomic E-state index is -0.669. The molecule has 0 N–H and O–H groups in total. The highest BCUT2D eigenvalue weighted by atomic mass is 16.5. The lowest BCUT2D eigenvalue weighted by Crippen LogP contribution is -2.40. The molecule has 0 amide bonds. The summed E-state index contributed by atoms with van der Waals surface area (Å²) in [5.41, 5.74) is -1.01. The van der Waals surface area contributed by atoms with E-state index < -0.39 is 16.7 Å². The van der Waals surface area contributed by atoms with Crippen LogP contribution < -0.4 is 11.2 Å². The Balaban J connectivity index is 2.26. The molecule has 2 aromatic rings. The Bertz CT molecular complexity index is 1100. The Morgan fingerprint density at radius 1 is 1.20 bits per heavy atom. The largest absolute Gasteiger partial charge is 0.443 e. The van der Waals surface area contributed by atoms with Gasteiger partial charge in [0.1, 0.15) is 5.82 Å². The molecule has 1 aliphatic rings. The summed E-state index contributed by atoms with van der Waals surface area (Å²) >= 11 is 0. The number of esters is 1. The predicted octanol–water partition coefficient (Wildman–Crippen LogP) is 2.61. The molecule has 0 aliphatic heterocycles. The highest BCUT2D eigenvalue weighted by molar-refractivity contribution is 5.75. The molecule has 3 rings (SSSR count). The van der Waals surface area contributed by atoms with Crippen molar-refractivity contribution < 1.29 is 9.53 Å². The van der Waals surface area contributed by atoms with E-state index in [-0.39, 0.29) is 42.9 Å². The predicted molar refractivity (Wildman–Crippen MR) is 114 cm³/mol. The van der Waals surface area contributed by atoms with Crippen LogP contribution in [0.4, 0.5) is 0 Å². The summed E-state index contributed by atoms with van der Waals surface area (Å²) in [6.45, 7) is 7.41. The maximum atomic E-state index is 13.3. The fourth-order valence-corrected chi connectivity index (χ4v) is 3.93. The normalized spacial score (nSPS) is 14.9. The van der Waals surface area contributed by atoms with Crippen LogP contribution in [0.3, 0.4) is 0 Å². The number of carbonyl (C=O) groups excluding carboxylic acids is 1. The summed E-state index contributed by atoms with van der Waals surface area (Å²) in [5, 5.41) is 0. The summed E-state index contributed by atoms with van der Waals surface area (Å²) in [6.07, 6.45) is 10.2. The minimum absolute atomic E-state index is 0.0161. The van der Waals surface area contributed by atoms with E-state index in [4.69, 9.17) is 16.1 Å². The van der Waals surface area contributed by atoms with Crippen molar-refractivity contribution in [3.63, 3.8) is 0 Å². The second kappa shape index (κ2) is 8.50. The SMILES string of the molecule is C#CCn1c(=O)n(CCC)c(=O)c2c1nc(C1CCCC1)n2COC(=O)C(C)(C)C. The van der Waals surface area contributed by atoms with E-state index in [1.807, 2.05) is 6.92 Å². The molecule has 8 heteroatoms. The molecule has 0 aromatic carbocycles. The molecule has 0 unspecified atom stereocenters. The number of aromatic nitrogens is 4. The molecule has 162 valence electrons. The van der Waals surface area contributed by atoms with Crippen LogP contribution in [0, 0.1) is 17.8 Å². The Kier molecular flexibility index (Phi) is 6.20. The third kappa shape index (κ3) is 3.93. The van der Waals surface area contributed by atoms with E-state index in [0.717, 1.165) is 25.7 Å². The van der Waals surface area contributed by atoms with E-state index in [0.29, 0.717) is 12.2 Å². The van der Waals surface area contributed by atoms with Crippen molar-refractivity contribution in [1.29, 1.82) is 0 Å². The molecule has 0 saturated heterocycles. The zero-order valence-corrected chi connectivity index (χ0v) is 18.2. The van der Waals surface area contributed by atoms with Gasteiger partial charge >= 0.3 is 11.7 Å². The first-order chi connectivity index (χ1) is 14.2. The van der Waals surface area contributed by atoms with Gasteiger partial charge in [0.05, 0.1) is 12.0 Å². The fraction of sp³-hybridized carbons (Fsp3) is 0.636. The first kappa shape index (κ1) is 21.9. The van der Waals surface area contributed by atoms with Crippen molar-refractivity contribution in [3.8, 4) is 12.3 Å². The van der Waals surface area contributed by atoms with Gasteiger partial charge in [0.15, 0.2) is 17.9 Å². The molecule has 0 bridgehead atoms. The van der Waals surface area contributed by atoms with Gasteiger partial charge in [-0.25, -0.2) is 9.78 Å². The van der Waals surface area contributed by atoms with Crippen LogP contribution in [0.2, 0.25) is 0 Å². The van der Waals surface area contributed by atoms with Crippen molar-refractivity contribution in [3.05, 3.63) is 26.7 Å². The van der Waals surface area contributed by atoms with Gasteiger partial charge in [0.25, 0.3) is 5.56 Å². The van der Waals surface area contributed by atoms with Gasteiger partial charge in [-0.3, -0.25) is 23.3 Å². The maximum Gasteiger partial charge on any atom is 0.333 e. The Morgan fingerprint density at radius 3 is 2.43 bits per heavy atom. The molecule has 30 heavy (non-hydrogen) atoms. The van der Waals surface area contributed by atoms with Crippen molar-refractivity contribution >= 4 is 17.1 Å². The lowest BCUT2D eigenvalue weighted by Gasteiger charge is -2.19. The zero-order chi connectivity index (χ0) is 22.1. The quantitative estimate of drug-likeness (QED) is 0.536. The molecule has 0 radical (unpaired) electrons. The number of ether oxygens (including phenoxy) is 1. The Hall–Kier alpha value is -2.82. The third-order valence-corrected chi connectivity index (χ3v) is 5.50. The first-order valence-electron chi connectivity index (χ1n) is 10.5. The van der Waals surface area contributed by atoms with E-state index >= 15 is 0 Å². The number of carbonyl (C=O) groups is 1. The first-order valence-corrected chi connectivity index (χ1v) is 10.5. The molecule has 2 aromatic heterocycles. The molecule has 8 nitrogen and oxygen atoms in total.